The van der Waals surface area contributed by atoms with E-state index in [0.29, 0.717) is 17.9 Å². The molecule has 180 valence electrons. The van der Waals surface area contributed by atoms with Crippen LogP contribution >= 0.6 is 11.6 Å². The first-order chi connectivity index (χ1) is 16.8. The average Bonchev–Trinajstić information content (AvgIpc) is 3.11. The fourth-order valence-corrected chi connectivity index (χ4v) is 4.15. The molecule has 35 heavy (non-hydrogen) atoms. The van der Waals surface area contributed by atoms with E-state index in [2.05, 4.69) is 0 Å². The molecule has 1 saturated heterocycles. The molecule has 0 bridgehead atoms. The Bertz CT molecular complexity index is 1360. The van der Waals surface area contributed by atoms with Crippen LogP contribution in [0.25, 0.3) is 5.76 Å². The summed E-state index contributed by atoms with van der Waals surface area (Å²) < 4.78 is 38.4. The molecule has 1 amide bonds. The summed E-state index contributed by atoms with van der Waals surface area (Å²) in [5, 5.41) is 11.5. The Labute approximate surface area is 205 Å². The number of carbonyl (C=O) groups is 2. The molecule has 0 aromatic heterocycles. The van der Waals surface area contributed by atoms with E-state index in [0.717, 1.165) is 17.0 Å². The van der Waals surface area contributed by atoms with E-state index in [-0.39, 0.29) is 27.6 Å². The second kappa shape index (κ2) is 9.76. The van der Waals surface area contributed by atoms with Crippen LogP contribution in [0, 0.1) is 11.6 Å². The van der Waals surface area contributed by atoms with Crippen LogP contribution in [0.4, 0.5) is 14.5 Å². The van der Waals surface area contributed by atoms with Crippen molar-refractivity contribution < 1.29 is 33.0 Å². The van der Waals surface area contributed by atoms with Gasteiger partial charge < -0.3 is 14.6 Å². The Morgan fingerprint density at radius 1 is 1.06 bits per heavy atom. The number of rotatable bonds is 6. The number of anilines is 1. The van der Waals surface area contributed by atoms with Gasteiger partial charge in [-0.05, 0) is 55.0 Å². The fraction of sp³-hybridized carbons (Fsp3) is 0.154. The van der Waals surface area contributed by atoms with Crippen LogP contribution in [0.2, 0.25) is 5.02 Å². The van der Waals surface area contributed by atoms with Crippen molar-refractivity contribution in [3.8, 4) is 11.5 Å². The lowest BCUT2D eigenvalue weighted by atomic mass is 9.95. The van der Waals surface area contributed by atoms with Crippen LogP contribution < -0.4 is 14.4 Å². The SMILES string of the molecule is CCOc1cccc(C2/C(=C(\O)c3ccc(Cl)c(OC)c3)C(=O)C(=O)N2c2ccc(F)c(F)c2)c1. The third-order valence-electron chi connectivity index (χ3n) is 5.54. The van der Waals surface area contributed by atoms with Gasteiger partial charge in [0.15, 0.2) is 11.6 Å². The van der Waals surface area contributed by atoms with Gasteiger partial charge in [0.05, 0.1) is 30.4 Å². The Morgan fingerprint density at radius 2 is 1.83 bits per heavy atom. The Hall–Kier alpha value is -3.91. The van der Waals surface area contributed by atoms with E-state index in [1.807, 2.05) is 0 Å². The maximum absolute atomic E-state index is 14.1. The third-order valence-corrected chi connectivity index (χ3v) is 5.85. The molecule has 1 atom stereocenters. The van der Waals surface area contributed by atoms with Crippen molar-refractivity contribution in [1.29, 1.82) is 0 Å². The summed E-state index contributed by atoms with van der Waals surface area (Å²) in [5.41, 5.74) is 0.311. The summed E-state index contributed by atoms with van der Waals surface area (Å²) in [6, 6.07) is 12.7. The number of ketones is 1. The number of hydrogen-bond acceptors (Lipinski definition) is 5. The van der Waals surface area contributed by atoms with E-state index in [4.69, 9.17) is 21.1 Å². The number of Topliss-reactive ketones (excluding diaryl/α,β-unsaturated/α-hetero) is 1. The molecule has 6 nitrogen and oxygen atoms in total. The molecule has 1 aliphatic rings. The van der Waals surface area contributed by atoms with Crippen LogP contribution in [0.1, 0.15) is 24.1 Å². The molecule has 1 aliphatic heterocycles. The summed E-state index contributed by atoms with van der Waals surface area (Å²) in [6.45, 7) is 2.17. The Balaban J connectivity index is 1.96. The molecule has 1 unspecified atom stereocenters. The van der Waals surface area contributed by atoms with Gasteiger partial charge in [-0.2, -0.15) is 0 Å². The highest BCUT2D eigenvalue weighted by molar-refractivity contribution is 6.51. The maximum Gasteiger partial charge on any atom is 0.300 e. The number of ether oxygens (including phenoxy) is 2. The van der Waals surface area contributed by atoms with E-state index < -0.39 is 35.1 Å². The van der Waals surface area contributed by atoms with Crippen molar-refractivity contribution in [2.24, 2.45) is 0 Å². The van der Waals surface area contributed by atoms with Gasteiger partial charge in [0.1, 0.15) is 17.3 Å². The topological polar surface area (TPSA) is 76.1 Å². The van der Waals surface area contributed by atoms with Gasteiger partial charge >= 0.3 is 0 Å². The van der Waals surface area contributed by atoms with Crippen LogP contribution in [-0.4, -0.2) is 30.5 Å². The normalized spacial score (nSPS) is 17.1. The predicted molar refractivity (Wildman–Crippen MR) is 127 cm³/mol. The highest BCUT2D eigenvalue weighted by atomic mass is 35.5. The van der Waals surface area contributed by atoms with Gasteiger partial charge in [-0.3, -0.25) is 14.5 Å². The number of nitrogens with zero attached hydrogens (tertiary/aromatic N) is 1. The minimum Gasteiger partial charge on any atom is -0.507 e. The first-order valence-electron chi connectivity index (χ1n) is 10.6. The highest BCUT2D eigenvalue weighted by Gasteiger charge is 2.47. The van der Waals surface area contributed by atoms with E-state index >= 15 is 0 Å². The molecular formula is C26H20ClF2NO5. The first-order valence-corrected chi connectivity index (χ1v) is 11.0. The minimum atomic E-state index is -1.19. The molecule has 3 aromatic rings. The third kappa shape index (κ3) is 4.44. The van der Waals surface area contributed by atoms with Crippen LogP contribution in [-0.2, 0) is 9.59 Å². The summed E-state index contributed by atoms with van der Waals surface area (Å²) in [7, 11) is 1.40. The zero-order chi connectivity index (χ0) is 25.3. The number of methoxy groups -OCH3 is 1. The van der Waals surface area contributed by atoms with Crippen molar-refractivity contribution in [1.82, 2.24) is 0 Å². The van der Waals surface area contributed by atoms with Crippen LogP contribution in [0.3, 0.4) is 0 Å². The van der Waals surface area contributed by atoms with Crippen LogP contribution in [0.15, 0.2) is 66.2 Å². The van der Waals surface area contributed by atoms with Crippen molar-refractivity contribution in [2.45, 2.75) is 13.0 Å². The van der Waals surface area contributed by atoms with Gasteiger partial charge in [-0.15, -0.1) is 0 Å². The summed E-state index contributed by atoms with van der Waals surface area (Å²) in [6.07, 6.45) is 0. The first kappa shape index (κ1) is 24.2. The lowest BCUT2D eigenvalue weighted by Crippen LogP contribution is -2.29. The number of halogens is 3. The largest absolute Gasteiger partial charge is 0.507 e. The summed E-state index contributed by atoms with van der Waals surface area (Å²) >= 11 is 6.08. The average molecular weight is 500 g/mol. The number of carbonyl (C=O) groups excluding carboxylic acids is 2. The van der Waals surface area contributed by atoms with Gasteiger partial charge in [-0.25, -0.2) is 8.78 Å². The van der Waals surface area contributed by atoms with Crippen molar-refractivity contribution in [2.75, 3.05) is 18.6 Å². The molecule has 3 aromatic carbocycles. The van der Waals surface area contributed by atoms with Gasteiger partial charge in [0.25, 0.3) is 11.7 Å². The number of amides is 1. The zero-order valence-electron chi connectivity index (χ0n) is 18.7. The number of aliphatic hydroxyl groups excluding tert-OH is 1. The zero-order valence-corrected chi connectivity index (χ0v) is 19.5. The lowest BCUT2D eigenvalue weighted by Gasteiger charge is -2.26. The smallest absolute Gasteiger partial charge is 0.300 e. The molecule has 4 rings (SSSR count). The molecule has 0 saturated carbocycles. The predicted octanol–water partition coefficient (Wildman–Crippen LogP) is 5.65. The molecule has 1 heterocycles. The van der Waals surface area contributed by atoms with Crippen molar-refractivity contribution >= 4 is 34.7 Å². The Kier molecular flexibility index (Phi) is 6.75. The standard InChI is InChI=1S/C26H20ClF2NO5/c1-3-35-17-6-4-5-14(11-17)23-22(24(31)15-7-9-18(27)21(12-15)34-2)25(32)26(33)30(23)16-8-10-19(28)20(29)13-16/h4-13,23,31H,3H2,1-2H3/b24-22+. The van der Waals surface area contributed by atoms with Gasteiger partial charge in [0, 0.05) is 17.3 Å². The number of benzene rings is 3. The quantitative estimate of drug-likeness (QED) is 0.269. The van der Waals surface area contributed by atoms with E-state index in [1.165, 1.54) is 31.4 Å². The summed E-state index contributed by atoms with van der Waals surface area (Å²) in [5.74, 6) is -4.05. The second-order valence-corrected chi connectivity index (χ2v) is 8.03. The number of hydrogen-bond donors (Lipinski definition) is 1. The molecule has 0 radical (unpaired) electrons. The maximum atomic E-state index is 14.1. The molecule has 1 fully saturated rings. The lowest BCUT2D eigenvalue weighted by molar-refractivity contribution is -0.132. The molecular weight excluding hydrogens is 480 g/mol. The molecule has 0 spiro atoms. The molecule has 9 heteroatoms. The molecule has 1 N–H and O–H groups in total. The minimum absolute atomic E-state index is 0.0504. The molecule has 0 aliphatic carbocycles. The monoisotopic (exact) mass is 499 g/mol. The number of aliphatic hydroxyl groups is 1. The van der Waals surface area contributed by atoms with Crippen LogP contribution in [0.5, 0.6) is 11.5 Å². The van der Waals surface area contributed by atoms with Gasteiger partial charge in [0.2, 0.25) is 0 Å². The highest BCUT2D eigenvalue weighted by Crippen LogP contribution is 2.43. The van der Waals surface area contributed by atoms with Gasteiger partial charge in [-0.1, -0.05) is 23.7 Å². The second-order valence-electron chi connectivity index (χ2n) is 7.62. The Morgan fingerprint density at radius 3 is 2.51 bits per heavy atom. The van der Waals surface area contributed by atoms with E-state index in [9.17, 15) is 23.5 Å². The van der Waals surface area contributed by atoms with E-state index in [1.54, 1.807) is 31.2 Å². The summed E-state index contributed by atoms with van der Waals surface area (Å²) in [4.78, 5) is 27.4. The van der Waals surface area contributed by atoms with Crippen molar-refractivity contribution in [3.05, 3.63) is 94.0 Å². The fourth-order valence-electron chi connectivity index (χ4n) is 3.95. The van der Waals surface area contributed by atoms with Crippen molar-refractivity contribution in [3.63, 3.8) is 0 Å².